The van der Waals surface area contributed by atoms with E-state index in [1.54, 1.807) is 6.07 Å². The van der Waals surface area contributed by atoms with Crippen molar-refractivity contribution in [3.63, 3.8) is 0 Å². The summed E-state index contributed by atoms with van der Waals surface area (Å²) >= 11 is 0. The Kier molecular flexibility index (Phi) is 4.91. The molecular weight excluding hydrogens is 265 g/mol. The molecule has 0 aliphatic carbocycles. The van der Waals surface area contributed by atoms with Gasteiger partial charge in [0, 0.05) is 31.5 Å². The number of rotatable bonds is 5. The fraction of sp³-hybridized carbons (Fsp3) is 0.353. The average molecular weight is 287 g/mol. The third kappa shape index (κ3) is 4.02. The lowest BCUT2D eigenvalue weighted by Gasteiger charge is -2.21. The van der Waals surface area contributed by atoms with Gasteiger partial charge in [0.05, 0.1) is 0 Å². The number of halogens is 1. The molecule has 0 unspecified atom stereocenters. The summed E-state index contributed by atoms with van der Waals surface area (Å²) in [7, 11) is 1.90. The zero-order valence-corrected chi connectivity index (χ0v) is 13.0. The molecular formula is C17H22FN3. The number of nitrogens with one attached hydrogen (secondary N) is 1. The molecule has 0 fully saturated rings. The molecule has 0 amide bonds. The lowest BCUT2D eigenvalue weighted by atomic mass is 10.2. The van der Waals surface area contributed by atoms with E-state index in [0.29, 0.717) is 6.04 Å². The topological polar surface area (TPSA) is 28.2 Å². The second kappa shape index (κ2) is 6.68. The van der Waals surface area contributed by atoms with Crippen LogP contribution in [0.3, 0.4) is 0 Å². The summed E-state index contributed by atoms with van der Waals surface area (Å²) in [4.78, 5) is 6.43. The molecule has 4 heteroatoms. The summed E-state index contributed by atoms with van der Waals surface area (Å²) in [5, 5.41) is 3.37. The SMILES string of the molecule is Cc1cc(CNC(C)C)cnc1N(C)c1cccc(F)c1. The van der Waals surface area contributed by atoms with Gasteiger partial charge in [-0.2, -0.15) is 0 Å². The Morgan fingerprint density at radius 2 is 2.05 bits per heavy atom. The van der Waals surface area contributed by atoms with Crippen molar-refractivity contribution in [1.29, 1.82) is 0 Å². The fourth-order valence-electron chi connectivity index (χ4n) is 2.20. The van der Waals surface area contributed by atoms with Crippen LogP contribution in [0.5, 0.6) is 0 Å². The molecule has 3 nitrogen and oxygen atoms in total. The van der Waals surface area contributed by atoms with Crippen molar-refractivity contribution in [3.05, 3.63) is 53.5 Å². The van der Waals surface area contributed by atoms with Gasteiger partial charge in [-0.3, -0.25) is 0 Å². The first-order valence-corrected chi connectivity index (χ1v) is 7.15. The summed E-state index contributed by atoms with van der Waals surface area (Å²) in [6.45, 7) is 7.06. The third-order valence-corrected chi connectivity index (χ3v) is 3.33. The molecule has 0 atom stereocenters. The van der Waals surface area contributed by atoms with Crippen LogP contribution in [0.25, 0.3) is 0 Å². The van der Waals surface area contributed by atoms with E-state index in [1.807, 2.05) is 31.1 Å². The van der Waals surface area contributed by atoms with Crippen LogP contribution >= 0.6 is 0 Å². The minimum atomic E-state index is -0.241. The number of pyridine rings is 1. The highest BCUT2D eigenvalue weighted by Gasteiger charge is 2.10. The molecule has 112 valence electrons. The number of anilines is 2. The molecule has 0 spiro atoms. The van der Waals surface area contributed by atoms with E-state index in [2.05, 4.69) is 30.2 Å². The van der Waals surface area contributed by atoms with Gasteiger partial charge < -0.3 is 10.2 Å². The number of nitrogens with zero attached hydrogens (tertiary/aromatic N) is 2. The normalized spacial score (nSPS) is 11.0. The van der Waals surface area contributed by atoms with Crippen LogP contribution in [0.4, 0.5) is 15.9 Å². The van der Waals surface area contributed by atoms with Crippen molar-refractivity contribution in [3.8, 4) is 0 Å². The van der Waals surface area contributed by atoms with Gasteiger partial charge >= 0.3 is 0 Å². The van der Waals surface area contributed by atoms with E-state index in [0.717, 1.165) is 29.2 Å². The van der Waals surface area contributed by atoms with Gasteiger partial charge in [0.1, 0.15) is 11.6 Å². The standard InChI is InChI=1S/C17H22FN3/c1-12(2)19-10-14-8-13(3)17(20-11-14)21(4)16-7-5-6-15(18)9-16/h5-9,11-12,19H,10H2,1-4H3. The van der Waals surface area contributed by atoms with Gasteiger partial charge in [-0.05, 0) is 42.3 Å². The first kappa shape index (κ1) is 15.4. The molecule has 0 aliphatic heterocycles. The van der Waals surface area contributed by atoms with Crippen LogP contribution in [0, 0.1) is 12.7 Å². The van der Waals surface area contributed by atoms with E-state index < -0.39 is 0 Å². The summed E-state index contributed by atoms with van der Waals surface area (Å²) in [5.41, 5.74) is 3.01. The molecule has 1 aromatic carbocycles. The maximum atomic E-state index is 13.3. The molecule has 2 rings (SSSR count). The Balaban J connectivity index is 2.20. The number of benzene rings is 1. The second-order valence-corrected chi connectivity index (χ2v) is 5.56. The largest absolute Gasteiger partial charge is 0.329 e. The first-order valence-electron chi connectivity index (χ1n) is 7.15. The van der Waals surface area contributed by atoms with E-state index in [9.17, 15) is 4.39 Å². The van der Waals surface area contributed by atoms with Crippen molar-refractivity contribution in [2.45, 2.75) is 33.4 Å². The molecule has 1 N–H and O–H groups in total. The van der Waals surface area contributed by atoms with Gasteiger partial charge in [-0.1, -0.05) is 19.9 Å². The van der Waals surface area contributed by atoms with Crippen LogP contribution in [-0.4, -0.2) is 18.1 Å². The van der Waals surface area contributed by atoms with E-state index in [1.165, 1.54) is 12.1 Å². The first-order chi connectivity index (χ1) is 9.97. The fourth-order valence-corrected chi connectivity index (χ4v) is 2.20. The maximum absolute atomic E-state index is 13.3. The lowest BCUT2D eigenvalue weighted by molar-refractivity contribution is 0.588. The molecule has 21 heavy (non-hydrogen) atoms. The van der Waals surface area contributed by atoms with Crippen molar-refractivity contribution in [2.75, 3.05) is 11.9 Å². The zero-order chi connectivity index (χ0) is 15.4. The Morgan fingerprint density at radius 3 is 2.67 bits per heavy atom. The summed E-state index contributed by atoms with van der Waals surface area (Å²) < 4.78 is 13.3. The highest BCUT2D eigenvalue weighted by Crippen LogP contribution is 2.25. The quantitative estimate of drug-likeness (QED) is 0.906. The Morgan fingerprint density at radius 1 is 1.29 bits per heavy atom. The van der Waals surface area contributed by atoms with Gasteiger partial charge in [-0.25, -0.2) is 9.37 Å². The van der Waals surface area contributed by atoms with Crippen molar-refractivity contribution in [2.24, 2.45) is 0 Å². The molecule has 0 aliphatic rings. The van der Waals surface area contributed by atoms with Crippen molar-refractivity contribution in [1.82, 2.24) is 10.3 Å². The summed E-state index contributed by atoms with van der Waals surface area (Å²) in [6, 6.07) is 9.09. The van der Waals surface area contributed by atoms with Crippen molar-refractivity contribution < 1.29 is 4.39 Å². The highest BCUT2D eigenvalue weighted by atomic mass is 19.1. The average Bonchev–Trinajstić information content (AvgIpc) is 2.44. The monoisotopic (exact) mass is 287 g/mol. The van der Waals surface area contributed by atoms with Gasteiger partial charge in [0.15, 0.2) is 0 Å². The molecule has 0 saturated heterocycles. The number of hydrogen-bond acceptors (Lipinski definition) is 3. The zero-order valence-electron chi connectivity index (χ0n) is 13.0. The Labute approximate surface area is 125 Å². The second-order valence-electron chi connectivity index (χ2n) is 5.56. The molecule has 1 aromatic heterocycles. The van der Waals surface area contributed by atoms with E-state index in [4.69, 9.17) is 0 Å². The van der Waals surface area contributed by atoms with Crippen LogP contribution in [-0.2, 0) is 6.54 Å². The van der Waals surface area contributed by atoms with E-state index in [-0.39, 0.29) is 5.82 Å². The molecule has 1 heterocycles. The van der Waals surface area contributed by atoms with Gasteiger partial charge in [-0.15, -0.1) is 0 Å². The van der Waals surface area contributed by atoms with Crippen LogP contribution < -0.4 is 10.2 Å². The minimum Gasteiger partial charge on any atom is -0.329 e. The number of hydrogen-bond donors (Lipinski definition) is 1. The molecule has 2 aromatic rings. The molecule has 0 bridgehead atoms. The molecule has 0 saturated carbocycles. The highest BCUT2D eigenvalue weighted by molar-refractivity contribution is 5.62. The summed E-state index contributed by atoms with van der Waals surface area (Å²) in [5.74, 6) is 0.601. The predicted octanol–water partition coefficient (Wildman–Crippen LogP) is 3.80. The van der Waals surface area contributed by atoms with Crippen molar-refractivity contribution >= 4 is 11.5 Å². The summed E-state index contributed by atoms with van der Waals surface area (Å²) in [6.07, 6.45) is 1.87. The smallest absolute Gasteiger partial charge is 0.135 e. The van der Waals surface area contributed by atoms with Crippen LogP contribution in [0.15, 0.2) is 36.5 Å². The Hall–Kier alpha value is -1.94. The van der Waals surface area contributed by atoms with E-state index >= 15 is 0 Å². The van der Waals surface area contributed by atoms with Gasteiger partial charge in [0.25, 0.3) is 0 Å². The Bertz CT molecular complexity index is 611. The van der Waals surface area contributed by atoms with Crippen LogP contribution in [0.2, 0.25) is 0 Å². The number of aromatic nitrogens is 1. The minimum absolute atomic E-state index is 0.241. The number of aryl methyl sites for hydroxylation is 1. The predicted molar refractivity (Wildman–Crippen MR) is 85.4 cm³/mol. The van der Waals surface area contributed by atoms with Crippen LogP contribution in [0.1, 0.15) is 25.0 Å². The lowest BCUT2D eigenvalue weighted by Crippen LogP contribution is -2.22. The maximum Gasteiger partial charge on any atom is 0.135 e. The van der Waals surface area contributed by atoms with Gasteiger partial charge in [0.2, 0.25) is 0 Å². The molecule has 0 radical (unpaired) electrons. The third-order valence-electron chi connectivity index (χ3n) is 3.33.